The monoisotopic (exact) mass is 280 g/mol. The average Bonchev–Trinajstić information content (AvgIpc) is 2.94. The highest BCUT2D eigenvalue weighted by Crippen LogP contribution is 2.23. The Bertz CT molecular complexity index is 352. The number of carbonyl (C=O) groups is 1. The number of aliphatic hydroxyl groups is 1. The Morgan fingerprint density at radius 2 is 2.35 bits per heavy atom. The van der Waals surface area contributed by atoms with Crippen LogP contribution in [0.15, 0.2) is 11.8 Å². The third-order valence-electron chi connectivity index (χ3n) is 4.48. The maximum absolute atomic E-state index is 12.5. The van der Waals surface area contributed by atoms with Crippen LogP contribution in [0.1, 0.15) is 45.4 Å². The molecular formula is C16H28N2O2. The SMILES string of the molecule is CCN(C(=O)CN1CCCC(CCO)C1)C1=CCCC1. The normalized spacial score (nSPS) is 23.7. The van der Waals surface area contributed by atoms with Crippen molar-refractivity contribution in [3.05, 3.63) is 11.8 Å². The number of hydrogen-bond donors (Lipinski definition) is 1. The summed E-state index contributed by atoms with van der Waals surface area (Å²) in [7, 11) is 0. The fourth-order valence-corrected chi connectivity index (χ4v) is 3.43. The van der Waals surface area contributed by atoms with E-state index >= 15 is 0 Å². The van der Waals surface area contributed by atoms with Crippen molar-refractivity contribution in [1.29, 1.82) is 0 Å². The molecule has 4 heteroatoms. The van der Waals surface area contributed by atoms with Gasteiger partial charge in [-0.25, -0.2) is 0 Å². The number of carbonyl (C=O) groups excluding carboxylic acids is 1. The van der Waals surface area contributed by atoms with Gasteiger partial charge in [0.2, 0.25) is 5.91 Å². The zero-order valence-electron chi connectivity index (χ0n) is 12.7. The van der Waals surface area contributed by atoms with Crippen molar-refractivity contribution in [2.75, 3.05) is 32.8 Å². The van der Waals surface area contributed by atoms with Crippen molar-refractivity contribution in [3.63, 3.8) is 0 Å². The van der Waals surface area contributed by atoms with Crippen LogP contribution in [0, 0.1) is 5.92 Å². The number of likely N-dealkylation sites (N-methyl/N-ethyl adjacent to an activating group) is 1. The summed E-state index contributed by atoms with van der Waals surface area (Å²) in [5.74, 6) is 0.799. The second kappa shape index (κ2) is 7.79. The number of allylic oxidation sites excluding steroid dienone is 2. The fraction of sp³-hybridized carbons (Fsp3) is 0.812. The van der Waals surface area contributed by atoms with Gasteiger partial charge in [-0.1, -0.05) is 6.08 Å². The Hall–Kier alpha value is -0.870. The summed E-state index contributed by atoms with van der Waals surface area (Å²) in [4.78, 5) is 16.7. The molecule has 20 heavy (non-hydrogen) atoms. The van der Waals surface area contributed by atoms with Gasteiger partial charge in [-0.2, -0.15) is 0 Å². The maximum atomic E-state index is 12.5. The van der Waals surface area contributed by atoms with E-state index in [9.17, 15) is 4.79 Å². The standard InChI is InChI=1S/C16H28N2O2/c1-2-18(15-7-3-4-8-15)16(20)13-17-10-5-6-14(12-17)9-11-19/h7,14,19H,2-6,8-13H2,1H3. The Labute approximate surface area is 122 Å². The first-order valence-corrected chi connectivity index (χ1v) is 8.07. The highest BCUT2D eigenvalue weighted by molar-refractivity contribution is 5.80. The van der Waals surface area contributed by atoms with Crippen LogP contribution >= 0.6 is 0 Å². The zero-order chi connectivity index (χ0) is 14.4. The van der Waals surface area contributed by atoms with Gasteiger partial charge in [0.15, 0.2) is 0 Å². The van der Waals surface area contributed by atoms with Gasteiger partial charge in [0.25, 0.3) is 0 Å². The summed E-state index contributed by atoms with van der Waals surface area (Å²) in [5.41, 5.74) is 1.22. The molecule has 0 saturated carbocycles. The van der Waals surface area contributed by atoms with Gasteiger partial charge in [-0.3, -0.25) is 9.69 Å². The molecule has 1 aliphatic carbocycles. The molecule has 114 valence electrons. The van der Waals surface area contributed by atoms with Gasteiger partial charge >= 0.3 is 0 Å². The number of nitrogens with zero attached hydrogens (tertiary/aromatic N) is 2. The molecular weight excluding hydrogens is 252 g/mol. The van der Waals surface area contributed by atoms with E-state index in [2.05, 4.69) is 17.9 Å². The first-order chi connectivity index (χ1) is 9.74. The van der Waals surface area contributed by atoms with Crippen molar-refractivity contribution < 1.29 is 9.90 Å². The van der Waals surface area contributed by atoms with Crippen molar-refractivity contribution in [3.8, 4) is 0 Å². The van der Waals surface area contributed by atoms with Gasteiger partial charge in [-0.05, 0) is 57.9 Å². The molecule has 0 radical (unpaired) electrons. The van der Waals surface area contributed by atoms with Crippen molar-refractivity contribution in [2.24, 2.45) is 5.92 Å². The summed E-state index contributed by atoms with van der Waals surface area (Å²) < 4.78 is 0. The largest absolute Gasteiger partial charge is 0.396 e. The summed E-state index contributed by atoms with van der Waals surface area (Å²) in [6.45, 7) is 5.61. The van der Waals surface area contributed by atoms with E-state index in [4.69, 9.17) is 5.11 Å². The first kappa shape index (κ1) is 15.5. The van der Waals surface area contributed by atoms with Crippen molar-refractivity contribution >= 4 is 5.91 Å². The van der Waals surface area contributed by atoms with Crippen LogP contribution in [-0.4, -0.2) is 53.6 Å². The second-order valence-electron chi connectivity index (χ2n) is 5.98. The van der Waals surface area contributed by atoms with E-state index in [1.54, 1.807) is 0 Å². The lowest BCUT2D eigenvalue weighted by Crippen LogP contribution is -2.44. The summed E-state index contributed by atoms with van der Waals surface area (Å²) in [6.07, 6.45) is 8.76. The quantitative estimate of drug-likeness (QED) is 0.809. The number of aliphatic hydroxyl groups excluding tert-OH is 1. The predicted octanol–water partition coefficient (Wildman–Crippen LogP) is 2.00. The molecule has 1 fully saturated rings. The third kappa shape index (κ3) is 4.06. The fourth-order valence-electron chi connectivity index (χ4n) is 3.43. The molecule has 0 aromatic heterocycles. The average molecular weight is 280 g/mol. The van der Waals surface area contributed by atoms with Gasteiger partial charge in [-0.15, -0.1) is 0 Å². The highest BCUT2D eigenvalue weighted by Gasteiger charge is 2.24. The van der Waals surface area contributed by atoms with Crippen LogP contribution in [0.25, 0.3) is 0 Å². The number of amides is 1. The van der Waals surface area contributed by atoms with Gasteiger partial charge in [0, 0.05) is 25.4 Å². The van der Waals surface area contributed by atoms with E-state index in [-0.39, 0.29) is 12.5 Å². The lowest BCUT2D eigenvalue weighted by Gasteiger charge is -2.33. The molecule has 1 amide bonds. The minimum Gasteiger partial charge on any atom is -0.396 e. The molecule has 1 N–H and O–H groups in total. The number of likely N-dealkylation sites (tertiary alicyclic amines) is 1. The lowest BCUT2D eigenvalue weighted by atomic mass is 9.95. The molecule has 1 heterocycles. The van der Waals surface area contributed by atoms with Gasteiger partial charge in [0.1, 0.15) is 0 Å². The molecule has 2 aliphatic rings. The molecule has 1 atom stereocenters. The van der Waals surface area contributed by atoms with Crippen LogP contribution < -0.4 is 0 Å². The van der Waals surface area contributed by atoms with Crippen LogP contribution in [-0.2, 0) is 4.79 Å². The van der Waals surface area contributed by atoms with Crippen molar-refractivity contribution in [2.45, 2.75) is 45.4 Å². The topological polar surface area (TPSA) is 43.8 Å². The van der Waals surface area contributed by atoms with E-state index in [0.717, 1.165) is 45.3 Å². The van der Waals surface area contributed by atoms with Gasteiger partial charge < -0.3 is 10.0 Å². The summed E-state index contributed by atoms with van der Waals surface area (Å²) >= 11 is 0. The van der Waals surface area contributed by atoms with Crippen LogP contribution in [0.5, 0.6) is 0 Å². The second-order valence-corrected chi connectivity index (χ2v) is 5.98. The smallest absolute Gasteiger partial charge is 0.240 e. The summed E-state index contributed by atoms with van der Waals surface area (Å²) in [5, 5.41) is 9.06. The molecule has 1 aliphatic heterocycles. The molecule has 0 aromatic carbocycles. The summed E-state index contributed by atoms with van der Waals surface area (Å²) in [6, 6.07) is 0. The predicted molar refractivity (Wildman–Crippen MR) is 80.2 cm³/mol. The molecule has 0 spiro atoms. The van der Waals surface area contributed by atoms with E-state index in [1.807, 2.05) is 4.90 Å². The van der Waals surface area contributed by atoms with E-state index in [0.29, 0.717) is 12.5 Å². The molecule has 0 bridgehead atoms. The highest BCUT2D eigenvalue weighted by atomic mass is 16.3. The Morgan fingerprint density at radius 3 is 3.00 bits per heavy atom. The molecule has 2 rings (SSSR count). The molecule has 1 unspecified atom stereocenters. The number of rotatable bonds is 6. The Morgan fingerprint density at radius 1 is 1.50 bits per heavy atom. The van der Waals surface area contributed by atoms with Crippen LogP contribution in [0.2, 0.25) is 0 Å². The Kier molecular flexibility index (Phi) is 6.05. The maximum Gasteiger partial charge on any atom is 0.240 e. The first-order valence-electron chi connectivity index (χ1n) is 8.07. The van der Waals surface area contributed by atoms with Crippen LogP contribution in [0.4, 0.5) is 0 Å². The zero-order valence-corrected chi connectivity index (χ0v) is 12.7. The Balaban J connectivity index is 1.86. The number of piperidine rings is 1. The molecule has 4 nitrogen and oxygen atoms in total. The van der Waals surface area contributed by atoms with E-state index < -0.39 is 0 Å². The molecule has 1 saturated heterocycles. The number of hydrogen-bond acceptors (Lipinski definition) is 3. The lowest BCUT2D eigenvalue weighted by molar-refractivity contribution is -0.130. The minimum absolute atomic E-state index is 0.241. The van der Waals surface area contributed by atoms with Gasteiger partial charge in [0.05, 0.1) is 6.54 Å². The molecule has 0 aromatic rings. The van der Waals surface area contributed by atoms with Crippen LogP contribution in [0.3, 0.4) is 0 Å². The third-order valence-corrected chi connectivity index (χ3v) is 4.48. The van der Waals surface area contributed by atoms with E-state index in [1.165, 1.54) is 18.5 Å². The minimum atomic E-state index is 0.241. The van der Waals surface area contributed by atoms with Crippen molar-refractivity contribution in [1.82, 2.24) is 9.80 Å².